The average molecular weight is 300 g/mol. The van der Waals surface area contributed by atoms with E-state index in [-0.39, 0.29) is 29.5 Å². The maximum atomic E-state index is 13.5. The largest absolute Gasteiger partial charge is 0.370 e. The molecule has 1 aromatic rings. The zero-order valence-corrected chi connectivity index (χ0v) is 10.4. The Morgan fingerprint density at radius 2 is 2.18 bits per heavy atom. The summed E-state index contributed by atoms with van der Waals surface area (Å²) in [5, 5.41) is 0. The summed E-state index contributed by atoms with van der Waals surface area (Å²) in [5.41, 5.74) is 10.8. The fourth-order valence-corrected chi connectivity index (χ4v) is 2.20. The molecule has 0 spiro atoms. The minimum absolute atomic E-state index is 0.122. The third kappa shape index (κ3) is 2.63. The second kappa shape index (κ2) is 4.44. The van der Waals surface area contributed by atoms with E-state index >= 15 is 0 Å². The molecule has 4 N–H and O–H groups in total. The maximum Gasteiger partial charge on any atom is 0.252 e. The monoisotopic (exact) mass is 299 g/mol. The van der Waals surface area contributed by atoms with Gasteiger partial charge >= 0.3 is 0 Å². The summed E-state index contributed by atoms with van der Waals surface area (Å²) >= 11 is 3.27. The third-order valence-corrected chi connectivity index (χ3v) is 3.20. The number of carbonyl (C=O) groups excluding carboxylic acids is 1. The van der Waals surface area contributed by atoms with E-state index in [1.54, 1.807) is 12.1 Å². The van der Waals surface area contributed by atoms with Crippen LogP contribution in [0.15, 0.2) is 27.7 Å². The number of nitrogens with two attached hydrogens (primary N) is 2. The highest BCUT2D eigenvalue weighted by Crippen LogP contribution is 2.49. The number of aliphatic imine (C=N–C) groups is 1. The number of guanidine groups is 1. The first-order chi connectivity index (χ1) is 7.99. The van der Waals surface area contributed by atoms with Crippen LogP contribution in [0.2, 0.25) is 0 Å². The molecule has 2 rings (SSSR count). The van der Waals surface area contributed by atoms with E-state index in [1.165, 1.54) is 6.07 Å². The molecule has 2 unspecified atom stereocenters. The molecule has 90 valence electrons. The molecule has 0 aromatic heterocycles. The number of nitrogens with zero attached hydrogens (tertiary/aromatic N) is 1. The molecule has 1 amide bonds. The van der Waals surface area contributed by atoms with Gasteiger partial charge in [-0.25, -0.2) is 4.39 Å². The molecule has 0 aliphatic heterocycles. The van der Waals surface area contributed by atoms with E-state index in [9.17, 15) is 9.18 Å². The number of carbonyl (C=O) groups is 1. The molecule has 17 heavy (non-hydrogen) atoms. The molecule has 2 atom stereocenters. The van der Waals surface area contributed by atoms with E-state index in [2.05, 4.69) is 20.9 Å². The zero-order valence-electron chi connectivity index (χ0n) is 8.86. The van der Waals surface area contributed by atoms with Crippen LogP contribution in [0.3, 0.4) is 0 Å². The van der Waals surface area contributed by atoms with Gasteiger partial charge in [-0.15, -0.1) is 0 Å². The molecule has 1 aliphatic rings. The summed E-state index contributed by atoms with van der Waals surface area (Å²) in [6.45, 7) is 0. The smallest absolute Gasteiger partial charge is 0.252 e. The highest BCUT2D eigenvalue weighted by molar-refractivity contribution is 9.10. The Labute approximate surface area is 106 Å². The minimum atomic E-state index is -0.380. The first-order valence-corrected chi connectivity index (χ1v) is 5.86. The van der Waals surface area contributed by atoms with E-state index in [0.29, 0.717) is 12.0 Å². The summed E-state index contributed by atoms with van der Waals surface area (Å²) in [6, 6.07) is 4.68. The van der Waals surface area contributed by atoms with Crippen molar-refractivity contribution in [1.82, 2.24) is 0 Å². The van der Waals surface area contributed by atoms with Crippen LogP contribution in [0.5, 0.6) is 0 Å². The second-order valence-corrected chi connectivity index (χ2v) is 4.91. The van der Waals surface area contributed by atoms with Crippen molar-refractivity contribution >= 4 is 27.8 Å². The van der Waals surface area contributed by atoms with Gasteiger partial charge in [0.05, 0.1) is 0 Å². The molecule has 0 radical (unpaired) electrons. The van der Waals surface area contributed by atoms with Crippen molar-refractivity contribution in [2.75, 3.05) is 0 Å². The first kappa shape index (κ1) is 12.0. The van der Waals surface area contributed by atoms with Crippen LogP contribution in [0.4, 0.5) is 4.39 Å². The van der Waals surface area contributed by atoms with Gasteiger partial charge in [-0.1, -0.05) is 15.9 Å². The van der Waals surface area contributed by atoms with Crippen LogP contribution in [-0.2, 0) is 4.79 Å². The van der Waals surface area contributed by atoms with Gasteiger partial charge in [0.15, 0.2) is 5.96 Å². The van der Waals surface area contributed by atoms with E-state index in [1.807, 2.05) is 0 Å². The molecular formula is C11H11BrFN3O. The lowest BCUT2D eigenvalue weighted by molar-refractivity contribution is -0.119. The number of amides is 1. The first-order valence-electron chi connectivity index (χ1n) is 5.07. The molecule has 1 saturated carbocycles. The van der Waals surface area contributed by atoms with Crippen molar-refractivity contribution in [3.63, 3.8) is 0 Å². The SMILES string of the molecule is NC(N)=NC(=O)C1CC1c1cc(Br)ccc1F. The summed E-state index contributed by atoms with van der Waals surface area (Å²) in [6.07, 6.45) is 0.586. The number of halogens is 2. The summed E-state index contributed by atoms with van der Waals surface area (Å²) < 4.78 is 14.3. The molecule has 1 fully saturated rings. The van der Waals surface area contributed by atoms with Crippen LogP contribution in [0, 0.1) is 11.7 Å². The number of hydrogen-bond donors (Lipinski definition) is 2. The summed E-state index contributed by atoms with van der Waals surface area (Å²) in [5.74, 6) is -1.37. The van der Waals surface area contributed by atoms with Crippen LogP contribution in [0.25, 0.3) is 0 Å². The Balaban J connectivity index is 2.15. The standard InChI is InChI=1S/C11H11BrFN3O/c12-5-1-2-9(13)7(3-5)6-4-8(6)10(17)16-11(14)15/h1-3,6,8H,4H2,(H4,14,15,16,17). The van der Waals surface area contributed by atoms with E-state index in [0.717, 1.165) is 4.47 Å². The highest BCUT2D eigenvalue weighted by atomic mass is 79.9. The lowest BCUT2D eigenvalue weighted by Gasteiger charge is -2.02. The van der Waals surface area contributed by atoms with Crippen molar-refractivity contribution in [1.29, 1.82) is 0 Å². The Kier molecular flexibility index (Phi) is 3.15. The molecular weight excluding hydrogens is 289 g/mol. The fraction of sp³-hybridized carbons (Fsp3) is 0.273. The molecule has 6 heteroatoms. The molecule has 0 bridgehead atoms. The zero-order chi connectivity index (χ0) is 12.6. The van der Waals surface area contributed by atoms with Crippen LogP contribution in [-0.4, -0.2) is 11.9 Å². The quantitative estimate of drug-likeness (QED) is 0.641. The molecule has 0 saturated heterocycles. The van der Waals surface area contributed by atoms with Gasteiger partial charge in [-0.2, -0.15) is 4.99 Å². The average Bonchev–Trinajstić information content (AvgIpc) is 3.00. The Morgan fingerprint density at radius 1 is 1.47 bits per heavy atom. The van der Waals surface area contributed by atoms with Gasteiger partial charge in [0.1, 0.15) is 5.82 Å². The van der Waals surface area contributed by atoms with Gasteiger partial charge in [0, 0.05) is 10.4 Å². The van der Waals surface area contributed by atoms with Gasteiger partial charge in [-0.3, -0.25) is 4.79 Å². The van der Waals surface area contributed by atoms with Crippen molar-refractivity contribution in [2.24, 2.45) is 22.4 Å². The van der Waals surface area contributed by atoms with Gasteiger partial charge < -0.3 is 11.5 Å². The van der Waals surface area contributed by atoms with Gasteiger partial charge in [-0.05, 0) is 36.1 Å². The van der Waals surface area contributed by atoms with Gasteiger partial charge in [0.2, 0.25) is 0 Å². The van der Waals surface area contributed by atoms with Crippen molar-refractivity contribution < 1.29 is 9.18 Å². The molecule has 1 aromatic carbocycles. The number of hydrogen-bond acceptors (Lipinski definition) is 1. The minimum Gasteiger partial charge on any atom is -0.370 e. The Bertz CT molecular complexity index is 499. The van der Waals surface area contributed by atoms with Gasteiger partial charge in [0.25, 0.3) is 5.91 Å². The summed E-state index contributed by atoms with van der Waals surface area (Å²) in [7, 11) is 0. The van der Waals surface area contributed by atoms with Crippen molar-refractivity contribution in [2.45, 2.75) is 12.3 Å². The number of rotatable bonds is 2. The Morgan fingerprint density at radius 3 is 2.82 bits per heavy atom. The van der Waals surface area contributed by atoms with Crippen LogP contribution >= 0.6 is 15.9 Å². The highest BCUT2D eigenvalue weighted by Gasteiger charge is 2.45. The molecule has 1 aliphatic carbocycles. The van der Waals surface area contributed by atoms with Crippen molar-refractivity contribution in [3.05, 3.63) is 34.1 Å². The molecule has 0 heterocycles. The van der Waals surface area contributed by atoms with Crippen LogP contribution in [0.1, 0.15) is 17.9 Å². The Hall–Kier alpha value is -1.43. The molecule has 4 nitrogen and oxygen atoms in total. The lowest BCUT2D eigenvalue weighted by atomic mass is 10.1. The predicted molar refractivity (Wildman–Crippen MR) is 65.8 cm³/mol. The van der Waals surface area contributed by atoms with E-state index < -0.39 is 0 Å². The van der Waals surface area contributed by atoms with Crippen LogP contribution < -0.4 is 11.5 Å². The topological polar surface area (TPSA) is 81.5 Å². The third-order valence-electron chi connectivity index (χ3n) is 2.70. The predicted octanol–water partition coefficient (Wildman–Crippen LogP) is 1.49. The normalized spacial score (nSPS) is 22.0. The fourth-order valence-electron chi connectivity index (χ4n) is 1.82. The maximum absolute atomic E-state index is 13.5. The summed E-state index contributed by atoms with van der Waals surface area (Å²) in [4.78, 5) is 15.0. The van der Waals surface area contributed by atoms with E-state index in [4.69, 9.17) is 11.5 Å². The lowest BCUT2D eigenvalue weighted by Crippen LogP contribution is -2.24. The second-order valence-electron chi connectivity index (χ2n) is 3.99. The van der Waals surface area contributed by atoms with Crippen molar-refractivity contribution in [3.8, 4) is 0 Å². The number of benzene rings is 1.